The van der Waals surface area contributed by atoms with Gasteiger partial charge in [-0.1, -0.05) is 35.6 Å². The Kier molecular flexibility index (Phi) is 9.37. The highest BCUT2D eigenvalue weighted by Gasteiger charge is 2.25. The Morgan fingerprint density at radius 3 is 2.21 bits per heavy atom. The molecule has 0 radical (unpaired) electrons. The molecular weight excluding hydrogens is 544 g/mol. The van der Waals surface area contributed by atoms with Crippen molar-refractivity contribution in [3.63, 3.8) is 0 Å². The second-order valence-corrected chi connectivity index (χ2v) is 11.8. The predicted molar refractivity (Wildman–Crippen MR) is 157 cm³/mol. The minimum Gasteiger partial charge on any atom is -0.494 e. The number of para-hydroxylation sites is 1. The minimum atomic E-state index is -3.78. The van der Waals surface area contributed by atoms with Gasteiger partial charge >= 0.3 is 0 Å². The number of aryl methyl sites for hydroxylation is 1. The van der Waals surface area contributed by atoms with Crippen LogP contribution in [0.1, 0.15) is 15.9 Å². The molecule has 1 aromatic heterocycles. The third-order valence-electron chi connectivity index (χ3n) is 6.04. The molecule has 3 aromatic carbocycles. The van der Waals surface area contributed by atoms with Crippen molar-refractivity contribution < 1.29 is 17.9 Å². The predicted octanol–water partition coefficient (Wildman–Crippen LogP) is 5.07. The number of rotatable bonds is 9. The second kappa shape index (κ2) is 12.1. The van der Waals surface area contributed by atoms with E-state index in [2.05, 4.69) is 0 Å². The molecule has 11 heteroatoms. The molecule has 0 saturated carbocycles. The number of carbonyl (C=O) groups excluding carboxylic acids is 1. The van der Waals surface area contributed by atoms with Crippen LogP contribution in [0.25, 0.3) is 10.2 Å². The molecule has 8 nitrogen and oxygen atoms in total. The van der Waals surface area contributed by atoms with Crippen LogP contribution in [-0.4, -0.2) is 65.6 Å². The summed E-state index contributed by atoms with van der Waals surface area (Å²) in [4.78, 5) is 22.2. The molecule has 0 fully saturated rings. The average molecular weight is 575 g/mol. The van der Waals surface area contributed by atoms with Crippen LogP contribution in [0.5, 0.6) is 5.75 Å². The van der Waals surface area contributed by atoms with Crippen molar-refractivity contribution in [3.05, 3.63) is 77.9 Å². The molecule has 1 amide bonds. The number of thiazole rings is 1. The van der Waals surface area contributed by atoms with Crippen LogP contribution < -0.4 is 13.9 Å². The molecule has 0 N–H and O–H groups in total. The van der Waals surface area contributed by atoms with Crippen molar-refractivity contribution in [2.45, 2.75) is 11.8 Å². The number of sulfonamides is 1. The fourth-order valence-corrected chi connectivity index (χ4v) is 6.09. The first kappa shape index (κ1) is 29.4. The highest BCUT2D eigenvalue weighted by atomic mass is 35.5. The first-order valence-electron chi connectivity index (χ1n) is 11.7. The van der Waals surface area contributed by atoms with Gasteiger partial charge < -0.3 is 9.64 Å². The molecular formula is C27H31ClN4O4S2. The number of benzene rings is 3. The summed E-state index contributed by atoms with van der Waals surface area (Å²) in [6.45, 7) is 3.05. The van der Waals surface area contributed by atoms with E-state index >= 15 is 0 Å². The Labute approximate surface area is 233 Å². The van der Waals surface area contributed by atoms with E-state index < -0.39 is 10.0 Å². The van der Waals surface area contributed by atoms with Gasteiger partial charge in [-0.05, 0) is 69.0 Å². The minimum absolute atomic E-state index is 0. The number of halogens is 1. The number of nitrogens with zero attached hydrogens (tertiary/aromatic N) is 4. The third kappa shape index (κ3) is 5.94. The van der Waals surface area contributed by atoms with E-state index in [4.69, 9.17) is 9.72 Å². The molecule has 1 heterocycles. The van der Waals surface area contributed by atoms with Gasteiger partial charge in [-0.2, -0.15) is 0 Å². The summed E-state index contributed by atoms with van der Waals surface area (Å²) in [5.74, 6) is 0.401. The molecule has 202 valence electrons. The number of hydrogen-bond acceptors (Lipinski definition) is 7. The highest BCUT2D eigenvalue weighted by molar-refractivity contribution is 7.92. The van der Waals surface area contributed by atoms with E-state index in [1.165, 1.54) is 34.8 Å². The summed E-state index contributed by atoms with van der Waals surface area (Å²) < 4.78 is 34.0. The third-order valence-corrected chi connectivity index (χ3v) is 9.05. The standard InChI is InChI=1S/C27H30N4O4S2.ClH/c1-19-11-16-23(35-5)24-25(19)36-27(28-24)31(18-17-29(2)3)26(32)20-12-14-22(15-13-20)37(33,34)30(4)21-9-7-6-8-10-21;/h6-16H,17-18H2,1-5H3;1H. The van der Waals surface area contributed by atoms with Gasteiger partial charge in [-0.15, -0.1) is 12.4 Å². The molecule has 0 saturated heterocycles. The normalized spacial score (nSPS) is 11.3. The zero-order valence-corrected chi connectivity index (χ0v) is 24.4. The molecule has 0 aliphatic rings. The van der Waals surface area contributed by atoms with Crippen LogP contribution in [0.15, 0.2) is 71.6 Å². The zero-order chi connectivity index (χ0) is 26.7. The average Bonchev–Trinajstić information content (AvgIpc) is 3.35. The van der Waals surface area contributed by atoms with Crippen molar-refractivity contribution >= 4 is 60.7 Å². The lowest BCUT2D eigenvalue weighted by Crippen LogP contribution is -2.36. The summed E-state index contributed by atoms with van der Waals surface area (Å²) in [5.41, 5.74) is 2.70. The monoisotopic (exact) mass is 574 g/mol. The Bertz CT molecular complexity index is 1510. The molecule has 0 atom stereocenters. The van der Waals surface area contributed by atoms with E-state index in [1.54, 1.807) is 48.4 Å². The van der Waals surface area contributed by atoms with Gasteiger partial charge in [0.25, 0.3) is 15.9 Å². The number of anilines is 2. The number of amides is 1. The number of fused-ring (bicyclic) bond motifs is 1. The van der Waals surface area contributed by atoms with Crippen LogP contribution in [0.4, 0.5) is 10.8 Å². The molecule has 0 aliphatic heterocycles. The van der Waals surface area contributed by atoms with Crippen LogP contribution in [-0.2, 0) is 10.0 Å². The summed E-state index contributed by atoms with van der Waals surface area (Å²) >= 11 is 1.44. The smallest absolute Gasteiger partial charge is 0.264 e. The maximum Gasteiger partial charge on any atom is 0.264 e. The van der Waals surface area contributed by atoms with Gasteiger partial charge in [-0.25, -0.2) is 13.4 Å². The lowest BCUT2D eigenvalue weighted by Gasteiger charge is -2.22. The van der Waals surface area contributed by atoms with Crippen LogP contribution in [0, 0.1) is 6.92 Å². The zero-order valence-electron chi connectivity index (χ0n) is 21.9. The fourth-order valence-electron chi connectivity index (χ4n) is 3.82. The summed E-state index contributed by atoms with van der Waals surface area (Å²) in [6.07, 6.45) is 0. The van der Waals surface area contributed by atoms with E-state index in [1.807, 2.05) is 44.1 Å². The molecule has 4 rings (SSSR count). The maximum absolute atomic E-state index is 13.7. The molecule has 4 aromatic rings. The van der Waals surface area contributed by atoms with E-state index in [0.717, 1.165) is 15.8 Å². The van der Waals surface area contributed by atoms with Crippen LogP contribution in [0.2, 0.25) is 0 Å². The molecule has 0 bridgehead atoms. The van der Waals surface area contributed by atoms with Gasteiger partial charge in [0.15, 0.2) is 5.13 Å². The fraction of sp³-hybridized carbons (Fsp3) is 0.259. The van der Waals surface area contributed by atoms with Crippen LogP contribution in [0.3, 0.4) is 0 Å². The first-order chi connectivity index (χ1) is 17.6. The molecule has 0 unspecified atom stereocenters. The Morgan fingerprint density at radius 1 is 0.947 bits per heavy atom. The van der Waals surface area contributed by atoms with Gasteiger partial charge in [-0.3, -0.25) is 14.0 Å². The Hall–Kier alpha value is -3.18. The maximum atomic E-state index is 13.7. The topological polar surface area (TPSA) is 83.0 Å². The van der Waals surface area contributed by atoms with Gasteiger partial charge in [0.1, 0.15) is 11.3 Å². The number of hydrogen-bond donors (Lipinski definition) is 0. The SMILES string of the molecule is COc1ccc(C)c2sc(N(CCN(C)C)C(=O)c3ccc(S(=O)(=O)N(C)c4ccccc4)cc3)nc12.Cl. The van der Waals surface area contributed by atoms with Crippen LogP contribution >= 0.6 is 23.7 Å². The van der Waals surface area contributed by atoms with Gasteiger partial charge in [0.2, 0.25) is 0 Å². The van der Waals surface area contributed by atoms with Crippen molar-refractivity contribution in [3.8, 4) is 5.75 Å². The van der Waals surface area contributed by atoms with Crippen molar-refractivity contribution in [2.24, 2.45) is 0 Å². The lowest BCUT2D eigenvalue weighted by molar-refractivity contribution is 0.0985. The van der Waals surface area contributed by atoms with E-state index in [9.17, 15) is 13.2 Å². The summed E-state index contributed by atoms with van der Waals surface area (Å²) in [5, 5.41) is 0.565. The van der Waals surface area contributed by atoms with Crippen molar-refractivity contribution in [1.82, 2.24) is 9.88 Å². The number of methoxy groups -OCH3 is 1. The molecule has 0 aliphatic carbocycles. The Morgan fingerprint density at radius 2 is 1.61 bits per heavy atom. The van der Waals surface area contributed by atoms with Gasteiger partial charge in [0.05, 0.1) is 22.4 Å². The van der Waals surface area contributed by atoms with E-state index in [0.29, 0.717) is 35.2 Å². The summed E-state index contributed by atoms with van der Waals surface area (Å²) in [6, 6.07) is 18.7. The highest BCUT2D eigenvalue weighted by Crippen LogP contribution is 2.37. The van der Waals surface area contributed by atoms with Crippen molar-refractivity contribution in [2.75, 3.05) is 50.5 Å². The Balaban J connectivity index is 0.00000400. The number of carbonyl (C=O) groups is 1. The largest absolute Gasteiger partial charge is 0.494 e. The first-order valence-corrected chi connectivity index (χ1v) is 13.9. The number of aromatic nitrogens is 1. The molecule has 0 spiro atoms. The van der Waals surface area contributed by atoms with Crippen molar-refractivity contribution in [1.29, 1.82) is 0 Å². The second-order valence-electron chi connectivity index (χ2n) is 8.85. The summed E-state index contributed by atoms with van der Waals surface area (Å²) in [7, 11) is 3.21. The molecule has 38 heavy (non-hydrogen) atoms. The van der Waals surface area contributed by atoms with E-state index in [-0.39, 0.29) is 23.2 Å². The lowest BCUT2D eigenvalue weighted by atomic mass is 10.2. The number of likely N-dealkylation sites (N-methyl/N-ethyl adjacent to an activating group) is 1. The van der Waals surface area contributed by atoms with Gasteiger partial charge in [0, 0.05) is 25.7 Å². The number of ether oxygens (including phenoxy) is 1. The quantitative estimate of drug-likeness (QED) is 0.278.